The first kappa shape index (κ1) is 20.4. The number of nitrogens with one attached hydrogen (secondary N) is 1. The van der Waals surface area contributed by atoms with E-state index in [0.717, 1.165) is 11.9 Å². The summed E-state index contributed by atoms with van der Waals surface area (Å²) >= 11 is 0. The van der Waals surface area contributed by atoms with Gasteiger partial charge in [0.15, 0.2) is 16.4 Å². The number of hydrogen-bond donors (Lipinski definition) is 1. The second-order valence-corrected chi connectivity index (χ2v) is 8.47. The summed E-state index contributed by atoms with van der Waals surface area (Å²) < 4.78 is 27.5. The van der Waals surface area contributed by atoms with Crippen molar-refractivity contribution in [2.24, 2.45) is 0 Å². The van der Waals surface area contributed by atoms with Gasteiger partial charge in [0.05, 0.1) is 11.3 Å². The van der Waals surface area contributed by atoms with Crippen molar-refractivity contribution in [2.45, 2.75) is 5.75 Å². The highest BCUT2D eigenvalue weighted by Crippen LogP contribution is 2.15. The van der Waals surface area contributed by atoms with Crippen molar-refractivity contribution in [3.05, 3.63) is 59.7 Å². The van der Waals surface area contributed by atoms with Gasteiger partial charge in [0.2, 0.25) is 0 Å². The Kier molecular flexibility index (Phi) is 6.57. The van der Waals surface area contributed by atoms with E-state index in [-0.39, 0.29) is 11.3 Å². The van der Waals surface area contributed by atoms with Crippen LogP contribution in [0.1, 0.15) is 15.9 Å². The first-order valence-corrected chi connectivity index (χ1v) is 10.2. The third-order valence-electron chi connectivity index (χ3n) is 3.62. The fourth-order valence-corrected chi connectivity index (χ4v) is 3.09. The topological polar surface area (TPSA) is 92.8 Å². The van der Waals surface area contributed by atoms with E-state index >= 15 is 0 Å². The number of ether oxygens (including phenoxy) is 1. The van der Waals surface area contributed by atoms with Gasteiger partial charge in [0.1, 0.15) is 0 Å². The van der Waals surface area contributed by atoms with Crippen LogP contribution in [-0.2, 0) is 25.1 Å². The minimum absolute atomic E-state index is 0.0999. The van der Waals surface area contributed by atoms with Crippen molar-refractivity contribution >= 4 is 33.1 Å². The lowest BCUT2D eigenvalue weighted by molar-refractivity contribution is -0.119. The van der Waals surface area contributed by atoms with Gasteiger partial charge in [-0.15, -0.1) is 0 Å². The van der Waals surface area contributed by atoms with Crippen molar-refractivity contribution in [1.29, 1.82) is 0 Å². The maximum atomic E-state index is 12.0. The zero-order chi connectivity index (χ0) is 20.0. The minimum Gasteiger partial charge on any atom is -0.452 e. The number of nitrogens with zero attached hydrogens (tertiary/aromatic N) is 1. The predicted molar refractivity (Wildman–Crippen MR) is 105 cm³/mol. The highest BCUT2D eigenvalue weighted by molar-refractivity contribution is 7.89. The molecule has 2 rings (SSSR count). The Morgan fingerprint density at radius 2 is 1.59 bits per heavy atom. The molecule has 8 heteroatoms. The maximum Gasteiger partial charge on any atom is 0.338 e. The summed E-state index contributed by atoms with van der Waals surface area (Å²) in [4.78, 5) is 25.8. The van der Waals surface area contributed by atoms with E-state index in [2.05, 4.69) is 5.32 Å². The number of amides is 1. The van der Waals surface area contributed by atoms with Crippen LogP contribution < -0.4 is 10.2 Å². The van der Waals surface area contributed by atoms with Crippen molar-refractivity contribution in [2.75, 3.05) is 37.2 Å². The molecule has 7 nitrogen and oxygen atoms in total. The molecule has 1 N–H and O–H groups in total. The van der Waals surface area contributed by atoms with Gasteiger partial charge >= 0.3 is 5.97 Å². The van der Waals surface area contributed by atoms with Crippen LogP contribution in [0.15, 0.2) is 48.5 Å². The molecule has 2 aromatic rings. The molecular weight excluding hydrogens is 368 g/mol. The van der Waals surface area contributed by atoms with Crippen LogP contribution in [0.3, 0.4) is 0 Å². The van der Waals surface area contributed by atoms with Crippen molar-refractivity contribution in [3.63, 3.8) is 0 Å². The first-order valence-electron chi connectivity index (χ1n) is 8.15. The fourth-order valence-electron chi connectivity index (χ4n) is 2.29. The number of sulfone groups is 1. The zero-order valence-electron chi connectivity index (χ0n) is 15.4. The summed E-state index contributed by atoms with van der Waals surface area (Å²) in [5, 5.41) is 2.65. The van der Waals surface area contributed by atoms with Crippen LogP contribution >= 0.6 is 0 Å². The number of esters is 1. The smallest absolute Gasteiger partial charge is 0.338 e. The molecular formula is C19H22N2O5S. The van der Waals surface area contributed by atoms with Gasteiger partial charge in [-0.05, 0) is 42.0 Å². The fraction of sp³-hybridized carbons (Fsp3) is 0.263. The van der Waals surface area contributed by atoms with Crippen molar-refractivity contribution in [3.8, 4) is 0 Å². The molecule has 0 fully saturated rings. The van der Waals surface area contributed by atoms with Gasteiger partial charge in [-0.1, -0.05) is 12.1 Å². The van der Waals surface area contributed by atoms with Crippen LogP contribution in [0.4, 0.5) is 11.4 Å². The summed E-state index contributed by atoms with van der Waals surface area (Å²) in [6.45, 7) is -0.417. The van der Waals surface area contributed by atoms with Gasteiger partial charge < -0.3 is 15.0 Å². The standard InChI is InChI=1S/C19H22N2O5S/c1-21(2)17-10-8-16(9-11-17)20-18(22)12-26-19(23)15-6-4-14(5-7-15)13-27(3,24)25/h4-11H,12-13H2,1-3H3,(H,20,22). The quantitative estimate of drug-likeness (QED) is 0.728. The van der Waals surface area contributed by atoms with Crippen molar-refractivity contribution in [1.82, 2.24) is 0 Å². The third-order valence-corrected chi connectivity index (χ3v) is 4.48. The molecule has 2 aromatic carbocycles. The van der Waals surface area contributed by atoms with Gasteiger partial charge in [0, 0.05) is 31.7 Å². The van der Waals surface area contributed by atoms with Gasteiger partial charge in [-0.25, -0.2) is 13.2 Å². The average Bonchev–Trinajstić information content (AvgIpc) is 2.59. The molecule has 27 heavy (non-hydrogen) atoms. The number of carbonyl (C=O) groups excluding carboxylic acids is 2. The lowest BCUT2D eigenvalue weighted by Gasteiger charge is -2.13. The first-order chi connectivity index (χ1) is 12.6. The summed E-state index contributed by atoms with van der Waals surface area (Å²) in [6, 6.07) is 13.3. The van der Waals surface area contributed by atoms with E-state index in [4.69, 9.17) is 4.74 Å². The Hall–Kier alpha value is -2.87. The molecule has 0 atom stereocenters. The number of hydrogen-bond acceptors (Lipinski definition) is 6. The molecule has 0 saturated carbocycles. The Labute approximate surface area is 158 Å². The van der Waals surface area contributed by atoms with E-state index in [0.29, 0.717) is 11.3 Å². The largest absolute Gasteiger partial charge is 0.452 e. The molecule has 0 unspecified atom stereocenters. The highest BCUT2D eigenvalue weighted by atomic mass is 32.2. The molecule has 0 heterocycles. The number of rotatable bonds is 7. The SMILES string of the molecule is CN(C)c1ccc(NC(=O)COC(=O)c2ccc(CS(C)(=O)=O)cc2)cc1. The number of carbonyl (C=O) groups is 2. The van der Waals surface area contributed by atoms with E-state index in [9.17, 15) is 18.0 Å². The molecule has 0 aliphatic rings. The van der Waals surface area contributed by atoms with Crippen LogP contribution in [0, 0.1) is 0 Å². The molecule has 0 bridgehead atoms. The van der Waals surface area contributed by atoms with E-state index in [1.54, 1.807) is 24.3 Å². The molecule has 0 aliphatic heterocycles. The Balaban J connectivity index is 1.86. The van der Waals surface area contributed by atoms with Crippen molar-refractivity contribution < 1.29 is 22.7 Å². The molecule has 0 aromatic heterocycles. The summed E-state index contributed by atoms with van der Waals surface area (Å²) in [5.74, 6) is -1.20. The molecule has 0 spiro atoms. The van der Waals surface area contributed by atoms with Crippen LogP contribution in [0.5, 0.6) is 0 Å². The predicted octanol–water partition coefficient (Wildman–Crippen LogP) is 2.09. The monoisotopic (exact) mass is 390 g/mol. The van der Waals surface area contributed by atoms with Gasteiger partial charge in [0.25, 0.3) is 5.91 Å². The highest BCUT2D eigenvalue weighted by Gasteiger charge is 2.11. The second-order valence-electron chi connectivity index (χ2n) is 6.33. The molecule has 0 aliphatic carbocycles. The van der Waals surface area contributed by atoms with Crippen LogP contribution in [0.25, 0.3) is 0 Å². The number of anilines is 2. The Morgan fingerprint density at radius 3 is 2.11 bits per heavy atom. The normalized spacial score (nSPS) is 10.9. The molecule has 0 saturated heterocycles. The van der Waals surface area contributed by atoms with E-state index in [1.807, 2.05) is 31.1 Å². The molecule has 1 amide bonds. The Morgan fingerprint density at radius 1 is 1.00 bits per heavy atom. The zero-order valence-corrected chi connectivity index (χ0v) is 16.2. The Bertz CT molecular complexity index is 904. The summed E-state index contributed by atoms with van der Waals surface area (Å²) in [5.41, 5.74) is 2.42. The lowest BCUT2D eigenvalue weighted by Crippen LogP contribution is -2.21. The average molecular weight is 390 g/mol. The van der Waals surface area contributed by atoms with E-state index < -0.39 is 28.3 Å². The van der Waals surface area contributed by atoms with Crippen LogP contribution in [0.2, 0.25) is 0 Å². The van der Waals surface area contributed by atoms with Gasteiger partial charge in [-0.3, -0.25) is 4.79 Å². The minimum atomic E-state index is -3.14. The lowest BCUT2D eigenvalue weighted by atomic mass is 10.1. The van der Waals surface area contributed by atoms with E-state index in [1.165, 1.54) is 12.1 Å². The summed E-state index contributed by atoms with van der Waals surface area (Å²) in [6.07, 6.45) is 1.14. The third kappa shape index (κ3) is 6.74. The van der Waals surface area contributed by atoms with Gasteiger partial charge in [-0.2, -0.15) is 0 Å². The maximum absolute atomic E-state index is 12.0. The molecule has 144 valence electrons. The number of benzene rings is 2. The molecule has 0 radical (unpaired) electrons. The summed E-state index contributed by atoms with van der Waals surface area (Å²) in [7, 11) is 0.694. The second kappa shape index (κ2) is 8.68. The van der Waals surface area contributed by atoms with Crippen LogP contribution in [-0.4, -0.2) is 47.3 Å².